The Labute approximate surface area is 141 Å². The molecule has 3 rings (SSSR count). The average Bonchev–Trinajstić information content (AvgIpc) is 3.04. The lowest BCUT2D eigenvalue weighted by atomic mass is 10.2. The molecule has 0 spiro atoms. The van der Waals surface area contributed by atoms with Gasteiger partial charge in [-0.25, -0.2) is 8.78 Å². The van der Waals surface area contributed by atoms with E-state index in [0.29, 0.717) is 10.6 Å². The molecule has 122 valence electrons. The van der Waals surface area contributed by atoms with E-state index in [1.54, 1.807) is 12.1 Å². The number of hydrogen-bond donors (Lipinski definition) is 0. The fraction of sp³-hybridized carbons (Fsp3) is 0.200. The van der Waals surface area contributed by atoms with Gasteiger partial charge in [0, 0.05) is 11.5 Å². The summed E-state index contributed by atoms with van der Waals surface area (Å²) in [5.74, 6) is 0.327. The zero-order valence-corrected chi connectivity index (χ0v) is 14.2. The van der Waals surface area contributed by atoms with Crippen LogP contribution < -0.4 is 4.18 Å². The first kappa shape index (κ1) is 16.6. The molecule has 2 aromatic carbocycles. The van der Waals surface area contributed by atoms with Gasteiger partial charge in [-0.05, 0) is 35.9 Å². The highest BCUT2D eigenvalue weighted by atomic mass is 32.2. The Bertz CT molecular complexity index is 801. The predicted molar refractivity (Wildman–Crippen MR) is 88.3 cm³/mol. The Morgan fingerprint density at radius 2 is 1.65 bits per heavy atom. The van der Waals surface area contributed by atoms with E-state index in [2.05, 4.69) is 0 Å². The molecule has 1 heterocycles. The number of benzene rings is 2. The van der Waals surface area contributed by atoms with Crippen molar-refractivity contribution in [3.63, 3.8) is 0 Å². The molecule has 1 saturated heterocycles. The Hall–Kier alpha value is -1.25. The van der Waals surface area contributed by atoms with E-state index in [-0.39, 0.29) is 5.75 Å². The third-order valence-electron chi connectivity index (χ3n) is 3.14. The molecule has 23 heavy (non-hydrogen) atoms. The van der Waals surface area contributed by atoms with Crippen LogP contribution in [0.5, 0.6) is 5.75 Å². The van der Waals surface area contributed by atoms with Gasteiger partial charge in [0.25, 0.3) is 0 Å². The van der Waals surface area contributed by atoms with Gasteiger partial charge in [0.1, 0.15) is 22.3 Å². The highest BCUT2D eigenvalue weighted by Gasteiger charge is 2.23. The van der Waals surface area contributed by atoms with Crippen molar-refractivity contribution in [1.29, 1.82) is 0 Å². The molecule has 0 bridgehead atoms. The zero-order chi connectivity index (χ0) is 16.4. The minimum Gasteiger partial charge on any atom is -0.379 e. The normalized spacial score (nSPS) is 15.7. The van der Waals surface area contributed by atoms with Crippen molar-refractivity contribution in [2.45, 2.75) is 9.48 Å². The fourth-order valence-electron chi connectivity index (χ4n) is 2.07. The van der Waals surface area contributed by atoms with Crippen LogP contribution in [0.2, 0.25) is 0 Å². The van der Waals surface area contributed by atoms with Gasteiger partial charge in [0.2, 0.25) is 0 Å². The summed E-state index contributed by atoms with van der Waals surface area (Å²) in [6, 6.07) is 8.80. The van der Waals surface area contributed by atoms with E-state index in [0.717, 1.165) is 29.2 Å². The molecule has 0 N–H and O–H groups in total. The summed E-state index contributed by atoms with van der Waals surface area (Å²) in [4.78, 5) is -0.816. The molecule has 0 unspecified atom stereocenters. The second-order valence-electron chi connectivity index (χ2n) is 4.75. The monoisotopic (exact) mass is 374 g/mol. The Kier molecular flexibility index (Phi) is 4.84. The van der Waals surface area contributed by atoms with Crippen LogP contribution >= 0.6 is 23.5 Å². The van der Waals surface area contributed by atoms with E-state index < -0.39 is 26.6 Å². The number of thioether (sulfide) groups is 2. The number of halogens is 2. The first-order chi connectivity index (χ1) is 11.0. The average molecular weight is 374 g/mol. The van der Waals surface area contributed by atoms with Crippen molar-refractivity contribution in [1.82, 2.24) is 0 Å². The van der Waals surface area contributed by atoms with Crippen molar-refractivity contribution in [3.8, 4) is 5.75 Å². The highest BCUT2D eigenvalue weighted by Crippen LogP contribution is 2.45. The number of rotatable bonds is 4. The van der Waals surface area contributed by atoms with E-state index in [4.69, 9.17) is 4.18 Å². The second-order valence-corrected chi connectivity index (χ2v) is 8.99. The van der Waals surface area contributed by atoms with Crippen LogP contribution in [0.4, 0.5) is 8.78 Å². The van der Waals surface area contributed by atoms with Crippen molar-refractivity contribution >= 4 is 33.6 Å². The molecule has 0 amide bonds. The summed E-state index contributed by atoms with van der Waals surface area (Å²) in [5, 5.41) is 0. The molecule has 0 aliphatic carbocycles. The molecule has 1 fully saturated rings. The minimum absolute atomic E-state index is 0.0606. The van der Waals surface area contributed by atoms with Gasteiger partial charge in [0.15, 0.2) is 0 Å². The Morgan fingerprint density at radius 1 is 1.00 bits per heavy atom. The van der Waals surface area contributed by atoms with Crippen LogP contribution in [0.3, 0.4) is 0 Å². The molecule has 8 heteroatoms. The highest BCUT2D eigenvalue weighted by molar-refractivity contribution is 8.19. The molecular formula is C15H12F2O3S3. The molecule has 3 nitrogen and oxygen atoms in total. The van der Waals surface area contributed by atoms with Gasteiger partial charge in [0.05, 0.1) is 4.58 Å². The molecule has 2 aromatic rings. The summed E-state index contributed by atoms with van der Waals surface area (Å²) in [6.45, 7) is 0. The molecule has 0 aromatic heterocycles. The summed E-state index contributed by atoms with van der Waals surface area (Å²) in [7, 11) is -4.42. The van der Waals surface area contributed by atoms with Gasteiger partial charge in [-0.2, -0.15) is 8.42 Å². The number of hydrogen-bond acceptors (Lipinski definition) is 5. The van der Waals surface area contributed by atoms with Gasteiger partial charge >= 0.3 is 10.1 Å². The lowest BCUT2D eigenvalue weighted by Gasteiger charge is -2.11. The maximum absolute atomic E-state index is 13.6. The van der Waals surface area contributed by atoms with Crippen molar-refractivity contribution in [2.75, 3.05) is 11.5 Å². The zero-order valence-electron chi connectivity index (χ0n) is 11.7. The van der Waals surface area contributed by atoms with Crippen LogP contribution in [0.25, 0.3) is 0 Å². The molecule has 1 aliphatic rings. The van der Waals surface area contributed by atoms with E-state index in [1.165, 1.54) is 12.1 Å². The minimum atomic E-state index is -4.42. The Morgan fingerprint density at radius 3 is 2.30 bits per heavy atom. The third-order valence-corrected chi connectivity index (χ3v) is 7.51. The lowest BCUT2D eigenvalue weighted by molar-refractivity contribution is 0.473. The van der Waals surface area contributed by atoms with Crippen molar-refractivity contribution in [2.24, 2.45) is 0 Å². The van der Waals surface area contributed by atoms with Gasteiger partial charge < -0.3 is 4.18 Å². The van der Waals surface area contributed by atoms with E-state index >= 15 is 0 Å². The van der Waals surface area contributed by atoms with Gasteiger partial charge in [-0.1, -0.05) is 12.1 Å². The first-order valence-corrected chi connectivity index (χ1v) is 10.2. The maximum Gasteiger partial charge on any atom is 0.342 e. The molecule has 0 radical (unpaired) electrons. The topological polar surface area (TPSA) is 43.4 Å². The summed E-state index contributed by atoms with van der Waals surface area (Å²) >= 11 is 3.66. The quantitative estimate of drug-likeness (QED) is 0.750. The summed E-state index contributed by atoms with van der Waals surface area (Å²) in [6.07, 6.45) is 0. The molecule has 1 aliphatic heterocycles. The summed E-state index contributed by atoms with van der Waals surface area (Å²) in [5.41, 5.74) is 1.07. The maximum atomic E-state index is 13.6. The Balaban J connectivity index is 1.81. The van der Waals surface area contributed by atoms with Crippen LogP contribution in [-0.4, -0.2) is 19.9 Å². The largest absolute Gasteiger partial charge is 0.379 e. The van der Waals surface area contributed by atoms with Crippen molar-refractivity contribution in [3.05, 3.63) is 59.7 Å². The van der Waals surface area contributed by atoms with Crippen molar-refractivity contribution < 1.29 is 21.4 Å². The first-order valence-electron chi connectivity index (χ1n) is 6.68. The lowest BCUT2D eigenvalue weighted by Crippen LogP contribution is -2.12. The predicted octanol–water partition coefficient (Wildman–Crippen LogP) is 4.21. The third kappa shape index (κ3) is 3.81. The standard InChI is InChI=1S/C15H12F2O3S3/c16-11-3-6-13(17)14(9-11)23(18,19)20-12-4-1-10(2-5-12)15-21-7-8-22-15/h1-6,9,15H,7-8H2. The summed E-state index contributed by atoms with van der Waals surface area (Å²) < 4.78 is 56.1. The second kappa shape index (κ2) is 6.70. The smallest absolute Gasteiger partial charge is 0.342 e. The molecular weight excluding hydrogens is 362 g/mol. The van der Waals surface area contributed by atoms with Gasteiger partial charge in [-0.15, -0.1) is 23.5 Å². The van der Waals surface area contributed by atoms with E-state index in [9.17, 15) is 17.2 Å². The molecule has 0 saturated carbocycles. The van der Waals surface area contributed by atoms with Crippen LogP contribution in [0.1, 0.15) is 10.1 Å². The van der Waals surface area contributed by atoms with Crippen LogP contribution in [0, 0.1) is 11.6 Å². The fourth-order valence-corrected chi connectivity index (χ4v) is 5.95. The molecule has 0 atom stereocenters. The van der Waals surface area contributed by atoms with Gasteiger partial charge in [-0.3, -0.25) is 0 Å². The van der Waals surface area contributed by atoms with E-state index in [1.807, 2.05) is 23.5 Å². The SMILES string of the molecule is O=S(=O)(Oc1ccc(C2SCCS2)cc1)c1cc(F)ccc1F. The van der Waals surface area contributed by atoms with Crippen LogP contribution in [0.15, 0.2) is 47.4 Å². The van der Waals surface area contributed by atoms with Crippen LogP contribution in [-0.2, 0) is 10.1 Å².